The van der Waals surface area contributed by atoms with Crippen LogP contribution in [0.2, 0.25) is 5.02 Å². The van der Waals surface area contributed by atoms with Gasteiger partial charge in [0, 0.05) is 11.8 Å². The molecule has 1 aromatic carbocycles. The summed E-state index contributed by atoms with van der Waals surface area (Å²) < 4.78 is 1.55. The summed E-state index contributed by atoms with van der Waals surface area (Å²) >= 11 is 9.00. The molecule has 0 fully saturated rings. The average Bonchev–Trinajstić information content (AvgIpc) is 2.35. The van der Waals surface area contributed by atoms with Crippen LogP contribution in [0.1, 0.15) is 10.4 Å². The van der Waals surface area contributed by atoms with Crippen LogP contribution in [0.3, 0.4) is 0 Å². The van der Waals surface area contributed by atoms with Gasteiger partial charge in [-0.2, -0.15) is 0 Å². The summed E-state index contributed by atoms with van der Waals surface area (Å²) in [7, 11) is 0. The third-order valence-electron chi connectivity index (χ3n) is 2.35. The molecule has 0 saturated carbocycles. The Labute approximate surface area is 116 Å². The first-order chi connectivity index (χ1) is 8.59. The maximum Gasteiger partial charge on any atom is 0.268 e. The standard InChI is InChI=1S/C12H8BrClN2O2/c13-9-5-15-7-16(12(9)18)6-11(17)8-3-1-2-4-10(8)14/h1-5,7H,6H2. The monoisotopic (exact) mass is 326 g/mol. The zero-order chi connectivity index (χ0) is 13.1. The highest BCUT2D eigenvalue weighted by Crippen LogP contribution is 2.15. The van der Waals surface area contributed by atoms with Crippen LogP contribution in [0.25, 0.3) is 0 Å². The normalized spacial score (nSPS) is 10.3. The Hall–Kier alpha value is -1.46. The molecule has 0 spiro atoms. The molecule has 4 nitrogen and oxygen atoms in total. The molecule has 0 unspecified atom stereocenters. The Balaban J connectivity index is 2.30. The highest BCUT2D eigenvalue weighted by molar-refractivity contribution is 9.10. The number of benzene rings is 1. The number of carbonyl (C=O) groups excluding carboxylic acids is 1. The van der Waals surface area contributed by atoms with Crippen LogP contribution in [-0.4, -0.2) is 15.3 Å². The zero-order valence-corrected chi connectivity index (χ0v) is 11.5. The Morgan fingerprint density at radius 2 is 2.11 bits per heavy atom. The largest absolute Gasteiger partial charge is 0.292 e. The number of carbonyl (C=O) groups is 1. The molecule has 1 aromatic heterocycles. The van der Waals surface area contributed by atoms with Crippen molar-refractivity contribution in [1.29, 1.82) is 0 Å². The number of aromatic nitrogens is 2. The van der Waals surface area contributed by atoms with E-state index in [0.29, 0.717) is 15.1 Å². The minimum Gasteiger partial charge on any atom is -0.292 e. The second kappa shape index (κ2) is 5.46. The van der Waals surface area contributed by atoms with Crippen molar-refractivity contribution in [3.8, 4) is 0 Å². The highest BCUT2D eigenvalue weighted by atomic mass is 79.9. The Morgan fingerprint density at radius 3 is 2.83 bits per heavy atom. The van der Waals surface area contributed by atoms with Crippen molar-refractivity contribution in [3.05, 3.63) is 62.2 Å². The van der Waals surface area contributed by atoms with Gasteiger partial charge in [-0.15, -0.1) is 0 Å². The lowest BCUT2D eigenvalue weighted by Crippen LogP contribution is -2.24. The molecule has 0 aliphatic rings. The van der Waals surface area contributed by atoms with Gasteiger partial charge in [0.25, 0.3) is 5.56 Å². The Kier molecular flexibility index (Phi) is 3.93. The van der Waals surface area contributed by atoms with Crippen molar-refractivity contribution in [2.75, 3.05) is 0 Å². The van der Waals surface area contributed by atoms with Crippen molar-refractivity contribution in [2.24, 2.45) is 0 Å². The zero-order valence-electron chi connectivity index (χ0n) is 9.14. The van der Waals surface area contributed by atoms with Gasteiger partial charge < -0.3 is 0 Å². The molecule has 0 bridgehead atoms. The summed E-state index contributed by atoms with van der Waals surface area (Å²) in [5, 5.41) is 0.374. The SMILES string of the molecule is O=C(Cn1cncc(Br)c1=O)c1ccccc1Cl. The van der Waals surface area contributed by atoms with Crippen LogP contribution in [0, 0.1) is 0 Å². The molecule has 0 radical (unpaired) electrons. The first-order valence-corrected chi connectivity index (χ1v) is 6.24. The first-order valence-electron chi connectivity index (χ1n) is 5.07. The van der Waals surface area contributed by atoms with Crippen LogP contribution >= 0.6 is 27.5 Å². The predicted molar refractivity (Wildman–Crippen MR) is 72.0 cm³/mol. The maximum atomic E-state index is 12.0. The van der Waals surface area contributed by atoms with Crippen LogP contribution in [0.4, 0.5) is 0 Å². The molecule has 0 aliphatic heterocycles. The van der Waals surface area contributed by atoms with E-state index in [2.05, 4.69) is 20.9 Å². The maximum absolute atomic E-state index is 12.0. The molecular weight excluding hydrogens is 320 g/mol. The van der Waals surface area contributed by atoms with E-state index < -0.39 is 0 Å². The van der Waals surface area contributed by atoms with E-state index in [1.807, 2.05) is 0 Å². The smallest absolute Gasteiger partial charge is 0.268 e. The number of nitrogens with zero attached hydrogens (tertiary/aromatic N) is 2. The van der Waals surface area contributed by atoms with Crippen LogP contribution in [0.5, 0.6) is 0 Å². The van der Waals surface area contributed by atoms with Gasteiger partial charge in [-0.1, -0.05) is 23.7 Å². The molecule has 2 rings (SSSR count). The molecule has 2 aromatic rings. The van der Waals surface area contributed by atoms with Crippen molar-refractivity contribution in [2.45, 2.75) is 6.54 Å². The molecule has 1 heterocycles. The molecule has 0 amide bonds. The van der Waals surface area contributed by atoms with E-state index in [1.165, 1.54) is 17.1 Å². The number of halogens is 2. The summed E-state index contributed by atoms with van der Waals surface area (Å²) in [5.74, 6) is -0.234. The van der Waals surface area contributed by atoms with Crippen LogP contribution < -0.4 is 5.56 Å². The molecule has 18 heavy (non-hydrogen) atoms. The minimum absolute atomic E-state index is 0.0883. The second-order valence-electron chi connectivity index (χ2n) is 3.58. The van der Waals surface area contributed by atoms with E-state index in [9.17, 15) is 9.59 Å². The number of rotatable bonds is 3. The van der Waals surface area contributed by atoms with Crippen LogP contribution in [0.15, 0.2) is 46.1 Å². The summed E-state index contributed by atoms with van der Waals surface area (Å²) in [6, 6.07) is 6.73. The van der Waals surface area contributed by atoms with E-state index in [-0.39, 0.29) is 17.9 Å². The molecule has 0 atom stereocenters. The van der Waals surface area contributed by atoms with E-state index >= 15 is 0 Å². The van der Waals surface area contributed by atoms with Gasteiger partial charge in [-0.25, -0.2) is 4.98 Å². The molecule has 0 saturated heterocycles. The fraction of sp³-hybridized carbons (Fsp3) is 0.0833. The van der Waals surface area contributed by atoms with Crippen molar-refractivity contribution >= 4 is 33.3 Å². The topological polar surface area (TPSA) is 52.0 Å². The van der Waals surface area contributed by atoms with E-state index in [4.69, 9.17) is 11.6 Å². The molecule has 0 N–H and O–H groups in total. The molecular formula is C12H8BrClN2O2. The summed E-state index contributed by atoms with van der Waals surface area (Å²) in [5.41, 5.74) is 0.0939. The van der Waals surface area contributed by atoms with Gasteiger partial charge in [0.05, 0.1) is 17.9 Å². The average molecular weight is 328 g/mol. The first kappa shape index (κ1) is 13.0. The van der Waals surface area contributed by atoms with Crippen molar-refractivity contribution in [3.63, 3.8) is 0 Å². The quantitative estimate of drug-likeness (QED) is 0.814. The van der Waals surface area contributed by atoms with Gasteiger partial charge >= 0.3 is 0 Å². The van der Waals surface area contributed by atoms with Crippen molar-refractivity contribution in [1.82, 2.24) is 9.55 Å². The summed E-state index contributed by atoms with van der Waals surface area (Å²) in [6.45, 7) is -0.0883. The summed E-state index contributed by atoms with van der Waals surface area (Å²) in [4.78, 5) is 27.6. The lowest BCUT2D eigenvalue weighted by atomic mass is 10.1. The Morgan fingerprint density at radius 1 is 1.39 bits per heavy atom. The fourth-order valence-corrected chi connectivity index (χ4v) is 2.05. The number of Topliss-reactive ketones (excluding diaryl/α,β-unsaturated/α-hetero) is 1. The predicted octanol–water partition coefficient (Wildman–Crippen LogP) is 2.54. The third-order valence-corrected chi connectivity index (χ3v) is 3.22. The Bertz CT molecular complexity index is 655. The van der Waals surface area contributed by atoms with Gasteiger partial charge in [-0.05, 0) is 28.1 Å². The van der Waals surface area contributed by atoms with Gasteiger partial charge in [-0.3, -0.25) is 14.2 Å². The molecule has 0 aliphatic carbocycles. The second-order valence-corrected chi connectivity index (χ2v) is 4.84. The number of ketones is 1. The number of hydrogen-bond donors (Lipinski definition) is 0. The minimum atomic E-state index is -0.301. The van der Waals surface area contributed by atoms with Gasteiger partial charge in [0.15, 0.2) is 5.78 Å². The molecule has 92 valence electrons. The van der Waals surface area contributed by atoms with E-state index in [1.54, 1.807) is 24.3 Å². The van der Waals surface area contributed by atoms with Crippen molar-refractivity contribution < 1.29 is 4.79 Å². The van der Waals surface area contributed by atoms with Gasteiger partial charge in [0.2, 0.25) is 0 Å². The summed E-state index contributed by atoms with van der Waals surface area (Å²) in [6.07, 6.45) is 2.71. The molecule has 6 heteroatoms. The van der Waals surface area contributed by atoms with Gasteiger partial charge in [0.1, 0.15) is 4.47 Å². The lowest BCUT2D eigenvalue weighted by Gasteiger charge is -2.05. The van der Waals surface area contributed by atoms with Crippen LogP contribution in [-0.2, 0) is 6.54 Å². The third kappa shape index (κ3) is 2.68. The van der Waals surface area contributed by atoms with E-state index in [0.717, 1.165) is 0 Å². The lowest BCUT2D eigenvalue weighted by molar-refractivity contribution is 0.0970. The number of hydrogen-bond acceptors (Lipinski definition) is 3. The highest BCUT2D eigenvalue weighted by Gasteiger charge is 2.11. The fourth-order valence-electron chi connectivity index (χ4n) is 1.46.